The summed E-state index contributed by atoms with van der Waals surface area (Å²) in [6, 6.07) is 27.9. The van der Waals surface area contributed by atoms with Gasteiger partial charge in [0.1, 0.15) is 0 Å². The molecule has 5 rings (SSSR count). The van der Waals surface area contributed by atoms with Gasteiger partial charge in [-0.05, 0) is 49.2 Å². The van der Waals surface area contributed by atoms with E-state index in [0.29, 0.717) is 0 Å². The number of rotatable bonds is 0. The van der Waals surface area contributed by atoms with E-state index in [1.54, 1.807) is 0 Å². The van der Waals surface area contributed by atoms with Gasteiger partial charge in [0, 0.05) is 5.56 Å². The highest BCUT2D eigenvalue weighted by Crippen LogP contribution is 2.37. The van der Waals surface area contributed by atoms with Crippen molar-refractivity contribution >= 4 is 43.1 Å². The molecule has 0 fully saturated rings. The van der Waals surface area contributed by atoms with Crippen molar-refractivity contribution in [2.45, 2.75) is 0 Å². The number of benzene rings is 5. The normalized spacial score (nSPS) is 11.3. The lowest BCUT2D eigenvalue weighted by atomic mass is 9.90. The fourth-order valence-corrected chi connectivity index (χ4v) is 3.81. The van der Waals surface area contributed by atoms with Crippen LogP contribution in [0, 0.1) is 12.3 Å². The van der Waals surface area contributed by atoms with Gasteiger partial charge in [-0.1, -0.05) is 78.7 Å². The van der Waals surface area contributed by atoms with E-state index in [1.807, 2.05) is 0 Å². The van der Waals surface area contributed by atoms with E-state index in [4.69, 9.17) is 6.42 Å². The fourth-order valence-electron chi connectivity index (χ4n) is 3.81. The molecule has 0 saturated heterocycles. The molecule has 0 nitrogen and oxygen atoms in total. The SMILES string of the molecule is C#Cc1cc2ccc3ccccc3c2c2c1ccc1ccccc12. The molecule has 0 aliphatic carbocycles. The second-order valence-corrected chi connectivity index (χ2v) is 6.16. The van der Waals surface area contributed by atoms with Gasteiger partial charge in [0.05, 0.1) is 0 Å². The van der Waals surface area contributed by atoms with Crippen LogP contribution in [0.4, 0.5) is 0 Å². The van der Waals surface area contributed by atoms with Gasteiger partial charge in [-0.15, -0.1) is 6.42 Å². The minimum Gasteiger partial charge on any atom is -0.115 e. The molecule has 0 aliphatic heterocycles. The number of terminal acetylenes is 1. The monoisotopic (exact) mass is 302 g/mol. The Kier molecular flexibility index (Phi) is 2.66. The molecule has 110 valence electrons. The van der Waals surface area contributed by atoms with Crippen molar-refractivity contribution in [2.24, 2.45) is 0 Å². The zero-order valence-corrected chi connectivity index (χ0v) is 13.1. The summed E-state index contributed by atoms with van der Waals surface area (Å²) in [5.41, 5.74) is 0.957. The van der Waals surface area contributed by atoms with Gasteiger partial charge in [-0.3, -0.25) is 0 Å². The van der Waals surface area contributed by atoms with Crippen LogP contribution >= 0.6 is 0 Å². The Balaban J connectivity index is 2.21. The lowest BCUT2D eigenvalue weighted by Gasteiger charge is -2.12. The zero-order valence-electron chi connectivity index (χ0n) is 13.1. The van der Waals surface area contributed by atoms with Crippen molar-refractivity contribution in [3.8, 4) is 12.3 Å². The highest BCUT2D eigenvalue weighted by Gasteiger charge is 2.11. The summed E-state index contributed by atoms with van der Waals surface area (Å²) in [4.78, 5) is 0. The average molecular weight is 302 g/mol. The Labute approximate surface area is 140 Å². The van der Waals surface area contributed by atoms with Crippen molar-refractivity contribution < 1.29 is 0 Å². The van der Waals surface area contributed by atoms with Gasteiger partial charge in [-0.25, -0.2) is 0 Å². The molecule has 0 bridgehead atoms. The van der Waals surface area contributed by atoms with E-state index in [2.05, 4.69) is 84.8 Å². The molecule has 0 saturated carbocycles. The van der Waals surface area contributed by atoms with E-state index < -0.39 is 0 Å². The van der Waals surface area contributed by atoms with Crippen LogP contribution in [0.3, 0.4) is 0 Å². The highest BCUT2D eigenvalue weighted by molar-refractivity contribution is 6.28. The minimum absolute atomic E-state index is 0.957. The van der Waals surface area contributed by atoms with Gasteiger partial charge < -0.3 is 0 Å². The lowest BCUT2D eigenvalue weighted by molar-refractivity contribution is 1.75. The maximum atomic E-state index is 5.81. The summed E-state index contributed by atoms with van der Waals surface area (Å²) < 4.78 is 0. The second kappa shape index (κ2) is 4.85. The fraction of sp³-hybridized carbons (Fsp3) is 0. The van der Waals surface area contributed by atoms with E-state index in [-0.39, 0.29) is 0 Å². The first kappa shape index (κ1) is 13.2. The average Bonchev–Trinajstić information content (AvgIpc) is 2.66. The number of hydrogen-bond donors (Lipinski definition) is 0. The minimum atomic E-state index is 0.957. The van der Waals surface area contributed by atoms with Crippen LogP contribution in [0.1, 0.15) is 5.56 Å². The van der Waals surface area contributed by atoms with E-state index in [0.717, 1.165) is 10.9 Å². The van der Waals surface area contributed by atoms with Crippen molar-refractivity contribution in [1.82, 2.24) is 0 Å². The smallest absolute Gasteiger partial charge is 0.0327 e. The molecule has 5 aromatic carbocycles. The van der Waals surface area contributed by atoms with Crippen molar-refractivity contribution in [1.29, 1.82) is 0 Å². The molecule has 0 N–H and O–H groups in total. The van der Waals surface area contributed by atoms with Crippen LogP contribution < -0.4 is 0 Å². The van der Waals surface area contributed by atoms with Crippen LogP contribution in [0.25, 0.3) is 43.1 Å². The first-order chi connectivity index (χ1) is 11.9. The molecule has 0 unspecified atom stereocenters. The Bertz CT molecular complexity index is 1300. The Hall–Kier alpha value is -3.30. The summed E-state index contributed by atoms with van der Waals surface area (Å²) >= 11 is 0. The zero-order chi connectivity index (χ0) is 16.1. The van der Waals surface area contributed by atoms with E-state index >= 15 is 0 Å². The molecule has 0 heterocycles. The van der Waals surface area contributed by atoms with Gasteiger partial charge >= 0.3 is 0 Å². The molecule has 24 heavy (non-hydrogen) atoms. The van der Waals surface area contributed by atoms with Gasteiger partial charge in [0.2, 0.25) is 0 Å². The molecule has 0 amide bonds. The van der Waals surface area contributed by atoms with Crippen LogP contribution in [0.5, 0.6) is 0 Å². The summed E-state index contributed by atoms with van der Waals surface area (Å²) in [6.45, 7) is 0. The molecule has 0 atom stereocenters. The second-order valence-electron chi connectivity index (χ2n) is 6.16. The molecular weight excluding hydrogens is 288 g/mol. The van der Waals surface area contributed by atoms with Crippen LogP contribution in [-0.4, -0.2) is 0 Å². The van der Waals surface area contributed by atoms with Crippen LogP contribution in [-0.2, 0) is 0 Å². The topological polar surface area (TPSA) is 0 Å². The molecule has 0 heteroatoms. The first-order valence-corrected chi connectivity index (χ1v) is 8.09. The molecular formula is C24H14. The Morgan fingerprint density at radius 2 is 1.12 bits per heavy atom. The summed E-state index contributed by atoms with van der Waals surface area (Å²) in [6.07, 6.45) is 5.81. The predicted octanol–water partition coefficient (Wildman–Crippen LogP) is 6.28. The first-order valence-electron chi connectivity index (χ1n) is 8.09. The van der Waals surface area contributed by atoms with E-state index in [9.17, 15) is 0 Å². The maximum Gasteiger partial charge on any atom is 0.0327 e. The third-order valence-electron chi connectivity index (χ3n) is 4.89. The number of fused-ring (bicyclic) bond motifs is 7. The number of hydrogen-bond acceptors (Lipinski definition) is 0. The van der Waals surface area contributed by atoms with Gasteiger partial charge in [-0.2, -0.15) is 0 Å². The Morgan fingerprint density at radius 3 is 1.83 bits per heavy atom. The standard InChI is InChI=1S/C24H14/c1-2-16-15-19-12-11-17-7-3-5-9-20(17)23(19)24-21-10-6-4-8-18(21)13-14-22(16)24/h1,3-15H. The molecule has 0 radical (unpaired) electrons. The molecule has 0 aliphatic rings. The third-order valence-corrected chi connectivity index (χ3v) is 4.89. The van der Waals surface area contributed by atoms with Crippen molar-refractivity contribution in [2.75, 3.05) is 0 Å². The molecule has 5 aromatic rings. The summed E-state index contributed by atoms with van der Waals surface area (Å²) in [7, 11) is 0. The van der Waals surface area contributed by atoms with Crippen molar-refractivity contribution in [3.63, 3.8) is 0 Å². The lowest BCUT2D eigenvalue weighted by Crippen LogP contribution is -1.87. The summed E-state index contributed by atoms with van der Waals surface area (Å²) in [5, 5.41) is 9.94. The van der Waals surface area contributed by atoms with E-state index in [1.165, 1.54) is 37.7 Å². The predicted molar refractivity (Wildman–Crippen MR) is 104 cm³/mol. The molecule has 0 spiro atoms. The van der Waals surface area contributed by atoms with Crippen LogP contribution in [0.2, 0.25) is 0 Å². The highest BCUT2D eigenvalue weighted by atomic mass is 14.1. The largest absolute Gasteiger partial charge is 0.115 e. The maximum absolute atomic E-state index is 5.81. The quantitative estimate of drug-likeness (QED) is 0.233. The Morgan fingerprint density at radius 1 is 0.542 bits per heavy atom. The van der Waals surface area contributed by atoms with Gasteiger partial charge in [0.25, 0.3) is 0 Å². The van der Waals surface area contributed by atoms with Gasteiger partial charge in [0.15, 0.2) is 0 Å². The van der Waals surface area contributed by atoms with Crippen molar-refractivity contribution in [3.05, 3.63) is 84.4 Å². The van der Waals surface area contributed by atoms with Crippen LogP contribution in [0.15, 0.2) is 78.9 Å². The molecule has 0 aromatic heterocycles. The third kappa shape index (κ3) is 1.70. The summed E-state index contributed by atoms with van der Waals surface area (Å²) in [5.74, 6) is 2.87.